The van der Waals surface area contributed by atoms with Crippen molar-refractivity contribution in [2.75, 3.05) is 0 Å². The van der Waals surface area contributed by atoms with Gasteiger partial charge in [-0.3, -0.25) is 11.3 Å². The van der Waals surface area contributed by atoms with Crippen molar-refractivity contribution < 1.29 is 0 Å². The van der Waals surface area contributed by atoms with Crippen LogP contribution >= 0.6 is 11.6 Å². The van der Waals surface area contributed by atoms with Crippen LogP contribution in [0.2, 0.25) is 5.15 Å². The summed E-state index contributed by atoms with van der Waals surface area (Å²) in [5.74, 6) is 5.99. The maximum Gasteiger partial charge on any atom is 0.129 e. The minimum Gasteiger partial charge on any atom is -0.271 e. The average Bonchev–Trinajstić information content (AvgIpc) is 2.19. The molecule has 0 radical (unpaired) electrons. The molecule has 1 rings (SSSR count). The molecule has 0 aliphatic heterocycles. The van der Waals surface area contributed by atoms with Gasteiger partial charge in [0.1, 0.15) is 5.15 Å². The number of hydrazine groups is 1. The molecule has 3 nitrogen and oxygen atoms in total. The predicted octanol–water partition coefficient (Wildman–Crippen LogP) is 2.29. The molecule has 0 amide bonds. The van der Waals surface area contributed by atoms with Crippen molar-refractivity contribution in [3.05, 3.63) is 29.0 Å². The first-order valence-corrected chi connectivity index (χ1v) is 5.14. The smallest absolute Gasteiger partial charge is 0.129 e. The van der Waals surface area contributed by atoms with E-state index in [-0.39, 0.29) is 6.04 Å². The molecule has 1 heterocycles. The number of hydrogen-bond acceptors (Lipinski definition) is 3. The Kier molecular flexibility index (Phi) is 4.32. The summed E-state index contributed by atoms with van der Waals surface area (Å²) in [6, 6.07) is 3.92. The molecular formula is C10H16ClN3. The zero-order chi connectivity index (χ0) is 10.6. The Bertz CT molecular complexity index is 290. The lowest BCUT2D eigenvalue weighted by atomic mass is 9.94. The fourth-order valence-corrected chi connectivity index (χ4v) is 1.62. The Morgan fingerprint density at radius 2 is 2.36 bits per heavy atom. The van der Waals surface area contributed by atoms with Gasteiger partial charge in [0.25, 0.3) is 0 Å². The summed E-state index contributed by atoms with van der Waals surface area (Å²) in [7, 11) is 0. The lowest BCUT2D eigenvalue weighted by Crippen LogP contribution is -2.32. The molecular weight excluding hydrogens is 198 g/mol. The van der Waals surface area contributed by atoms with Gasteiger partial charge in [-0.05, 0) is 23.6 Å². The highest BCUT2D eigenvalue weighted by molar-refractivity contribution is 6.29. The monoisotopic (exact) mass is 213 g/mol. The summed E-state index contributed by atoms with van der Waals surface area (Å²) in [5, 5.41) is 0.506. The summed E-state index contributed by atoms with van der Waals surface area (Å²) in [4.78, 5) is 3.94. The van der Waals surface area contributed by atoms with Crippen LogP contribution in [0.4, 0.5) is 0 Å². The lowest BCUT2D eigenvalue weighted by Gasteiger charge is -2.22. The van der Waals surface area contributed by atoms with Gasteiger partial charge in [0, 0.05) is 12.2 Å². The molecule has 0 aromatic carbocycles. The Morgan fingerprint density at radius 1 is 1.64 bits per heavy atom. The van der Waals surface area contributed by atoms with E-state index in [1.54, 1.807) is 6.20 Å². The van der Waals surface area contributed by atoms with Crippen LogP contribution in [0.15, 0.2) is 18.3 Å². The molecule has 4 heteroatoms. The molecule has 0 aliphatic rings. The van der Waals surface area contributed by atoms with Gasteiger partial charge in [-0.2, -0.15) is 0 Å². The summed E-state index contributed by atoms with van der Waals surface area (Å²) in [6.45, 7) is 4.29. The molecule has 0 fully saturated rings. The van der Waals surface area contributed by atoms with Crippen LogP contribution in [0.3, 0.4) is 0 Å². The Morgan fingerprint density at radius 3 is 2.86 bits per heavy atom. The second-order valence-electron chi connectivity index (χ2n) is 3.44. The van der Waals surface area contributed by atoms with Crippen molar-refractivity contribution in [1.29, 1.82) is 0 Å². The van der Waals surface area contributed by atoms with Gasteiger partial charge in [-0.1, -0.05) is 31.9 Å². The van der Waals surface area contributed by atoms with Gasteiger partial charge in [0.05, 0.1) is 0 Å². The Hall–Kier alpha value is -0.640. The largest absolute Gasteiger partial charge is 0.271 e. The van der Waals surface area contributed by atoms with Gasteiger partial charge < -0.3 is 0 Å². The lowest BCUT2D eigenvalue weighted by molar-refractivity contribution is 0.383. The van der Waals surface area contributed by atoms with Crippen molar-refractivity contribution in [3.63, 3.8) is 0 Å². The van der Waals surface area contributed by atoms with Crippen molar-refractivity contribution in [2.45, 2.75) is 26.3 Å². The van der Waals surface area contributed by atoms with Crippen LogP contribution in [0, 0.1) is 5.92 Å². The molecule has 14 heavy (non-hydrogen) atoms. The van der Waals surface area contributed by atoms with E-state index in [1.165, 1.54) is 0 Å². The third-order valence-corrected chi connectivity index (χ3v) is 2.71. The van der Waals surface area contributed by atoms with Gasteiger partial charge in [-0.25, -0.2) is 4.98 Å². The van der Waals surface area contributed by atoms with Gasteiger partial charge in [0.15, 0.2) is 0 Å². The number of nitrogens with zero attached hydrogens (tertiary/aromatic N) is 1. The maximum atomic E-state index is 5.81. The first-order chi connectivity index (χ1) is 6.69. The molecule has 1 aromatic rings. The van der Waals surface area contributed by atoms with Crippen LogP contribution in [0.1, 0.15) is 31.9 Å². The fraction of sp³-hybridized carbons (Fsp3) is 0.500. The van der Waals surface area contributed by atoms with E-state index in [4.69, 9.17) is 17.4 Å². The molecule has 0 spiro atoms. The summed E-state index contributed by atoms with van der Waals surface area (Å²) < 4.78 is 0. The molecule has 0 aliphatic carbocycles. The van der Waals surface area contributed by atoms with Crippen molar-refractivity contribution >= 4 is 11.6 Å². The minimum atomic E-state index is 0.139. The van der Waals surface area contributed by atoms with E-state index in [0.29, 0.717) is 11.1 Å². The molecule has 78 valence electrons. The minimum absolute atomic E-state index is 0.139. The molecule has 2 unspecified atom stereocenters. The second kappa shape index (κ2) is 5.29. The van der Waals surface area contributed by atoms with E-state index in [0.717, 1.165) is 12.0 Å². The van der Waals surface area contributed by atoms with Crippen molar-refractivity contribution in [2.24, 2.45) is 11.8 Å². The number of hydrogen-bond donors (Lipinski definition) is 2. The highest BCUT2D eigenvalue weighted by Gasteiger charge is 2.16. The van der Waals surface area contributed by atoms with E-state index in [2.05, 4.69) is 24.3 Å². The normalized spacial score (nSPS) is 15.1. The van der Waals surface area contributed by atoms with Crippen LogP contribution in [-0.4, -0.2) is 4.98 Å². The first-order valence-electron chi connectivity index (χ1n) is 4.76. The fourth-order valence-electron chi connectivity index (χ4n) is 1.44. The third kappa shape index (κ3) is 2.67. The number of aromatic nitrogens is 1. The maximum absolute atomic E-state index is 5.81. The zero-order valence-corrected chi connectivity index (χ0v) is 9.25. The molecule has 0 bridgehead atoms. The summed E-state index contributed by atoms with van der Waals surface area (Å²) in [6.07, 6.45) is 2.76. The SMILES string of the molecule is CCC(C)C(NN)c1ccnc(Cl)c1. The summed E-state index contributed by atoms with van der Waals surface area (Å²) in [5.41, 5.74) is 3.89. The Labute approximate surface area is 89.6 Å². The number of pyridine rings is 1. The van der Waals surface area contributed by atoms with Gasteiger partial charge in [-0.15, -0.1) is 0 Å². The third-order valence-electron chi connectivity index (χ3n) is 2.50. The zero-order valence-electron chi connectivity index (χ0n) is 8.50. The van der Waals surface area contributed by atoms with Gasteiger partial charge in [0.2, 0.25) is 0 Å². The van der Waals surface area contributed by atoms with Crippen LogP contribution < -0.4 is 11.3 Å². The molecule has 0 saturated heterocycles. The first kappa shape index (κ1) is 11.4. The number of halogens is 1. The van der Waals surface area contributed by atoms with E-state index >= 15 is 0 Å². The number of nitrogens with two attached hydrogens (primary N) is 1. The van der Waals surface area contributed by atoms with E-state index in [9.17, 15) is 0 Å². The number of nitrogens with one attached hydrogen (secondary N) is 1. The van der Waals surface area contributed by atoms with Crippen LogP contribution in [0.5, 0.6) is 0 Å². The molecule has 1 aromatic heterocycles. The molecule has 0 saturated carbocycles. The van der Waals surface area contributed by atoms with E-state index in [1.807, 2.05) is 12.1 Å². The second-order valence-corrected chi connectivity index (χ2v) is 3.83. The van der Waals surface area contributed by atoms with Crippen molar-refractivity contribution in [1.82, 2.24) is 10.4 Å². The average molecular weight is 214 g/mol. The Balaban J connectivity index is 2.89. The summed E-state index contributed by atoms with van der Waals surface area (Å²) >= 11 is 5.81. The standard InChI is InChI=1S/C10H16ClN3/c1-3-7(2)10(14-12)8-4-5-13-9(11)6-8/h4-7,10,14H,3,12H2,1-2H3. The molecule has 3 N–H and O–H groups in total. The van der Waals surface area contributed by atoms with Crippen LogP contribution in [-0.2, 0) is 0 Å². The highest BCUT2D eigenvalue weighted by Crippen LogP contribution is 2.24. The topological polar surface area (TPSA) is 50.9 Å². The molecule has 2 atom stereocenters. The highest BCUT2D eigenvalue weighted by atomic mass is 35.5. The quantitative estimate of drug-likeness (QED) is 0.459. The van der Waals surface area contributed by atoms with E-state index < -0.39 is 0 Å². The predicted molar refractivity (Wildman–Crippen MR) is 58.8 cm³/mol. The van der Waals surface area contributed by atoms with Crippen molar-refractivity contribution in [3.8, 4) is 0 Å². The van der Waals surface area contributed by atoms with Gasteiger partial charge >= 0.3 is 0 Å². The van der Waals surface area contributed by atoms with Crippen LogP contribution in [0.25, 0.3) is 0 Å². The number of rotatable bonds is 4.